The van der Waals surface area contributed by atoms with Gasteiger partial charge in [0.2, 0.25) is 0 Å². The van der Waals surface area contributed by atoms with Gasteiger partial charge in [-0.05, 0) is 18.5 Å². The minimum Gasteiger partial charge on any atom is -0.496 e. The number of ether oxygens (including phenoxy) is 1. The van der Waals surface area contributed by atoms with Crippen LogP contribution in [0.4, 0.5) is 0 Å². The molecule has 1 atom stereocenters. The van der Waals surface area contributed by atoms with E-state index in [1.54, 1.807) is 7.11 Å². The third kappa shape index (κ3) is 1.98. The van der Waals surface area contributed by atoms with Crippen molar-refractivity contribution in [1.29, 1.82) is 0 Å². The predicted octanol–water partition coefficient (Wildman–Crippen LogP) is 1.26. The molecule has 0 amide bonds. The maximum Gasteiger partial charge on any atom is 0.127 e. The van der Waals surface area contributed by atoms with Gasteiger partial charge in [0.1, 0.15) is 5.75 Å². The van der Waals surface area contributed by atoms with E-state index in [-0.39, 0.29) is 6.61 Å². The van der Waals surface area contributed by atoms with Crippen molar-refractivity contribution in [1.82, 2.24) is 5.32 Å². The third-order valence-corrected chi connectivity index (χ3v) is 3.00. The van der Waals surface area contributed by atoms with E-state index in [2.05, 4.69) is 11.4 Å². The van der Waals surface area contributed by atoms with Crippen molar-refractivity contribution in [2.24, 2.45) is 0 Å². The summed E-state index contributed by atoms with van der Waals surface area (Å²) in [6, 6.07) is 5.99. The van der Waals surface area contributed by atoms with Crippen molar-refractivity contribution in [3.05, 3.63) is 29.3 Å². The van der Waals surface area contributed by atoms with Gasteiger partial charge in [-0.1, -0.05) is 18.2 Å². The molecule has 0 radical (unpaired) electrons. The van der Waals surface area contributed by atoms with Gasteiger partial charge in [-0.25, -0.2) is 0 Å². The monoisotopic (exact) mass is 207 g/mol. The molecule has 1 saturated heterocycles. The molecule has 1 heterocycles. The molecule has 1 aliphatic rings. The molecule has 0 spiro atoms. The van der Waals surface area contributed by atoms with E-state index >= 15 is 0 Å². The van der Waals surface area contributed by atoms with Gasteiger partial charge in [-0.2, -0.15) is 0 Å². The predicted molar refractivity (Wildman–Crippen MR) is 59.1 cm³/mol. The van der Waals surface area contributed by atoms with Crippen molar-refractivity contribution in [3.63, 3.8) is 0 Å². The largest absolute Gasteiger partial charge is 0.496 e. The van der Waals surface area contributed by atoms with Gasteiger partial charge in [0.25, 0.3) is 0 Å². The van der Waals surface area contributed by atoms with Crippen molar-refractivity contribution >= 4 is 0 Å². The summed E-state index contributed by atoms with van der Waals surface area (Å²) in [6.07, 6.45) is 1.14. The zero-order valence-electron chi connectivity index (χ0n) is 8.99. The van der Waals surface area contributed by atoms with Crippen molar-refractivity contribution in [2.45, 2.75) is 18.9 Å². The second kappa shape index (κ2) is 4.64. The SMILES string of the molecule is COc1c(CO)cccc1C1CCNC1. The zero-order chi connectivity index (χ0) is 10.7. The Labute approximate surface area is 90.1 Å². The normalized spacial score (nSPS) is 20.5. The lowest BCUT2D eigenvalue weighted by molar-refractivity contribution is 0.273. The average Bonchev–Trinajstić information content (AvgIpc) is 2.81. The molecule has 3 heteroatoms. The molecule has 82 valence electrons. The molecular weight excluding hydrogens is 190 g/mol. The van der Waals surface area contributed by atoms with Gasteiger partial charge in [0.05, 0.1) is 13.7 Å². The second-order valence-corrected chi connectivity index (χ2v) is 3.89. The first-order chi connectivity index (χ1) is 7.36. The highest BCUT2D eigenvalue weighted by Gasteiger charge is 2.21. The highest BCUT2D eigenvalue weighted by molar-refractivity contribution is 5.43. The molecule has 1 unspecified atom stereocenters. The van der Waals surface area contributed by atoms with Crippen LogP contribution in [0.5, 0.6) is 5.75 Å². The summed E-state index contributed by atoms with van der Waals surface area (Å²) in [6.45, 7) is 2.11. The van der Waals surface area contributed by atoms with E-state index < -0.39 is 0 Å². The number of benzene rings is 1. The van der Waals surface area contributed by atoms with Crippen LogP contribution in [0, 0.1) is 0 Å². The minimum atomic E-state index is 0.0389. The van der Waals surface area contributed by atoms with Crippen LogP contribution < -0.4 is 10.1 Å². The van der Waals surface area contributed by atoms with Crippen molar-refractivity contribution < 1.29 is 9.84 Å². The number of aliphatic hydroxyl groups is 1. The van der Waals surface area contributed by atoms with Crippen LogP contribution in [-0.4, -0.2) is 25.3 Å². The van der Waals surface area contributed by atoms with Gasteiger partial charge in [-0.15, -0.1) is 0 Å². The van der Waals surface area contributed by atoms with E-state index in [1.165, 1.54) is 5.56 Å². The smallest absolute Gasteiger partial charge is 0.127 e. The first kappa shape index (κ1) is 10.5. The summed E-state index contributed by atoms with van der Waals surface area (Å²) < 4.78 is 5.39. The van der Waals surface area contributed by atoms with E-state index in [0.717, 1.165) is 30.8 Å². The molecule has 2 rings (SSSR count). The molecular formula is C12H17NO2. The molecule has 0 saturated carbocycles. The van der Waals surface area contributed by atoms with Crippen LogP contribution in [0.3, 0.4) is 0 Å². The summed E-state index contributed by atoms with van der Waals surface area (Å²) in [5, 5.41) is 12.6. The molecule has 1 aromatic carbocycles. The number of hydrogen-bond acceptors (Lipinski definition) is 3. The Morgan fingerprint density at radius 2 is 2.40 bits per heavy atom. The zero-order valence-corrected chi connectivity index (χ0v) is 8.99. The number of nitrogens with one attached hydrogen (secondary N) is 1. The van der Waals surface area contributed by atoms with E-state index in [9.17, 15) is 5.11 Å². The van der Waals surface area contributed by atoms with Crippen molar-refractivity contribution in [2.75, 3.05) is 20.2 Å². The van der Waals surface area contributed by atoms with Crippen LogP contribution in [0.15, 0.2) is 18.2 Å². The fourth-order valence-corrected chi connectivity index (χ4v) is 2.22. The van der Waals surface area contributed by atoms with E-state index in [1.807, 2.05) is 12.1 Å². The van der Waals surface area contributed by atoms with Gasteiger partial charge < -0.3 is 15.2 Å². The van der Waals surface area contributed by atoms with Gasteiger partial charge in [-0.3, -0.25) is 0 Å². The molecule has 1 aliphatic heterocycles. The van der Waals surface area contributed by atoms with Crippen LogP contribution >= 0.6 is 0 Å². The Morgan fingerprint density at radius 3 is 3.00 bits per heavy atom. The Bertz CT molecular complexity index is 332. The first-order valence-corrected chi connectivity index (χ1v) is 5.34. The number of hydrogen-bond donors (Lipinski definition) is 2. The van der Waals surface area contributed by atoms with Crippen molar-refractivity contribution in [3.8, 4) is 5.75 Å². The molecule has 15 heavy (non-hydrogen) atoms. The highest BCUT2D eigenvalue weighted by atomic mass is 16.5. The highest BCUT2D eigenvalue weighted by Crippen LogP contribution is 2.33. The number of aliphatic hydroxyl groups excluding tert-OH is 1. The molecule has 0 aromatic heterocycles. The first-order valence-electron chi connectivity index (χ1n) is 5.34. The Kier molecular flexibility index (Phi) is 3.23. The summed E-state index contributed by atoms with van der Waals surface area (Å²) >= 11 is 0. The summed E-state index contributed by atoms with van der Waals surface area (Å²) in [5.74, 6) is 1.38. The average molecular weight is 207 g/mol. The lowest BCUT2D eigenvalue weighted by Crippen LogP contribution is -2.09. The van der Waals surface area contributed by atoms with Crippen LogP contribution in [0.25, 0.3) is 0 Å². The Balaban J connectivity index is 2.36. The lowest BCUT2D eigenvalue weighted by atomic mass is 9.95. The van der Waals surface area contributed by atoms with Crippen LogP contribution in [-0.2, 0) is 6.61 Å². The van der Waals surface area contributed by atoms with Gasteiger partial charge >= 0.3 is 0 Å². The van der Waals surface area contributed by atoms with Gasteiger partial charge in [0.15, 0.2) is 0 Å². The van der Waals surface area contributed by atoms with E-state index in [0.29, 0.717) is 5.92 Å². The number of rotatable bonds is 3. The molecule has 1 aromatic rings. The molecule has 3 nitrogen and oxygen atoms in total. The number of para-hydroxylation sites is 1. The summed E-state index contributed by atoms with van der Waals surface area (Å²) in [7, 11) is 1.67. The molecule has 0 bridgehead atoms. The minimum absolute atomic E-state index is 0.0389. The lowest BCUT2D eigenvalue weighted by Gasteiger charge is -2.16. The Hall–Kier alpha value is -1.06. The summed E-state index contributed by atoms with van der Waals surface area (Å²) in [5.41, 5.74) is 2.09. The Morgan fingerprint density at radius 1 is 1.53 bits per heavy atom. The number of methoxy groups -OCH3 is 1. The molecule has 1 fully saturated rings. The van der Waals surface area contributed by atoms with Gasteiger partial charge in [0, 0.05) is 18.0 Å². The fourth-order valence-electron chi connectivity index (χ4n) is 2.22. The van der Waals surface area contributed by atoms with E-state index in [4.69, 9.17) is 4.74 Å². The maximum atomic E-state index is 9.22. The topological polar surface area (TPSA) is 41.5 Å². The standard InChI is InChI=1S/C12H17NO2/c1-15-12-10(8-14)3-2-4-11(12)9-5-6-13-7-9/h2-4,9,13-14H,5-8H2,1H3. The quantitative estimate of drug-likeness (QED) is 0.784. The summed E-state index contributed by atoms with van der Waals surface area (Å²) in [4.78, 5) is 0. The molecule has 2 N–H and O–H groups in total. The van der Waals surface area contributed by atoms with Crippen LogP contribution in [0.2, 0.25) is 0 Å². The fraction of sp³-hybridized carbons (Fsp3) is 0.500. The third-order valence-electron chi connectivity index (χ3n) is 3.00. The second-order valence-electron chi connectivity index (χ2n) is 3.89. The molecule has 0 aliphatic carbocycles. The van der Waals surface area contributed by atoms with Crippen LogP contribution in [0.1, 0.15) is 23.5 Å². The maximum absolute atomic E-state index is 9.22.